The van der Waals surface area contributed by atoms with E-state index in [4.69, 9.17) is 11.1 Å². The predicted octanol–water partition coefficient (Wildman–Crippen LogP) is 0.684. The molecule has 0 radical (unpaired) electrons. The second-order valence-corrected chi connectivity index (χ2v) is 3.52. The Balaban J connectivity index is 2.79. The minimum Gasteiger partial charge on any atom is -0.382 e. The first-order valence-corrected chi connectivity index (χ1v) is 4.60. The molecular weight excluding hydrogens is 190 g/mol. The highest BCUT2D eigenvalue weighted by atomic mass is 15.3. The Hall–Kier alpha value is -2.04. The lowest BCUT2D eigenvalue weighted by atomic mass is 10.3. The number of nitrogens with two attached hydrogens (primary N) is 1. The highest BCUT2D eigenvalue weighted by Crippen LogP contribution is 2.17. The molecule has 78 valence electrons. The van der Waals surface area contributed by atoms with E-state index in [1.807, 2.05) is 47.8 Å². The molecule has 0 amide bonds. The van der Waals surface area contributed by atoms with E-state index in [1.54, 1.807) is 0 Å². The van der Waals surface area contributed by atoms with Crippen LogP contribution in [0.15, 0.2) is 24.4 Å². The van der Waals surface area contributed by atoms with Crippen LogP contribution in [0.25, 0.3) is 5.52 Å². The molecule has 3 N–H and O–H groups in total. The Morgan fingerprint density at radius 2 is 2.20 bits per heavy atom. The summed E-state index contributed by atoms with van der Waals surface area (Å²) in [6.45, 7) is 0. The number of pyridine rings is 1. The van der Waals surface area contributed by atoms with Crippen LogP contribution in [0.4, 0.5) is 5.95 Å². The van der Waals surface area contributed by atoms with Gasteiger partial charge < -0.3 is 10.6 Å². The summed E-state index contributed by atoms with van der Waals surface area (Å²) in [5.74, 6) is 0.766. The van der Waals surface area contributed by atoms with Gasteiger partial charge in [0.15, 0.2) is 0 Å². The molecule has 0 atom stereocenters. The van der Waals surface area contributed by atoms with Crippen LogP contribution in [0.5, 0.6) is 0 Å². The minimum atomic E-state index is -0.00759. The molecule has 0 bridgehead atoms. The van der Waals surface area contributed by atoms with Crippen molar-refractivity contribution in [2.24, 2.45) is 5.73 Å². The molecule has 0 aromatic carbocycles. The van der Waals surface area contributed by atoms with Gasteiger partial charge in [0.25, 0.3) is 0 Å². The number of hydrogen-bond acceptors (Lipinski definition) is 3. The third kappa shape index (κ3) is 1.41. The van der Waals surface area contributed by atoms with E-state index < -0.39 is 0 Å². The van der Waals surface area contributed by atoms with Crippen molar-refractivity contribution in [1.29, 1.82) is 5.41 Å². The molecule has 0 unspecified atom stereocenters. The summed E-state index contributed by atoms with van der Waals surface area (Å²) in [5.41, 5.74) is 6.86. The molecule has 2 aromatic heterocycles. The maximum Gasteiger partial charge on any atom is 0.210 e. The SMILES string of the molecule is CN(C)c1nc(C(=N)N)c2ccccn12. The molecule has 0 spiro atoms. The average Bonchev–Trinajstić information content (AvgIpc) is 2.56. The van der Waals surface area contributed by atoms with Gasteiger partial charge in [0, 0.05) is 20.3 Å². The van der Waals surface area contributed by atoms with Gasteiger partial charge in [-0.2, -0.15) is 0 Å². The predicted molar refractivity (Wildman–Crippen MR) is 60.5 cm³/mol. The van der Waals surface area contributed by atoms with Crippen LogP contribution < -0.4 is 10.6 Å². The van der Waals surface area contributed by atoms with Crippen molar-refractivity contribution in [3.8, 4) is 0 Å². The maximum absolute atomic E-state index is 7.46. The number of nitrogens with zero attached hydrogens (tertiary/aromatic N) is 3. The van der Waals surface area contributed by atoms with E-state index in [1.165, 1.54) is 0 Å². The van der Waals surface area contributed by atoms with Crippen LogP contribution in [0.2, 0.25) is 0 Å². The van der Waals surface area contributed by atoms with Gasteiger partial charge in [-0.25, -0.2) is 4.98 Å². The van der Waals surface area contributed by atoms with E-state index in [9.17, 15) is 0 Å². The molecule has 0 aliphatic rings. The van der Waals surface area contributed by atoms with E-state index in [-0.39, 0.29) is 5.84 Å². The maximum atomic E-state index is 7.46. The van der Waals surface area contributed by atoms with Gasteiger partial charge in [-0.15, -0.1) is 0 Å². The number of hydrogen-bond donors (Lipinski definition) is 2. The third-order valence-electron chi connectivity index (χ3n) is 2.18. The monoisotopic (exact) mass is 203 g/mol. The van der Waals surface area contributed by atoms with Crippen LogP contribution in [0, 0.1) is 5.41 Å². The Bertz CT molecular complexity index is 512. The summed E-state index contributed by atoms with van der Waals surface area (Å²) < 4.78 is 1.91. The second kappa shape index (κ2) is 3.27. The summed E-state index contributed by atoms with van der Waals surface area (Å²) in [6, 6.07) is 5.73. The summed E-state index contributed by atoms with van der Waals surface area (Å²) >= 11 is 0. The quantitative estimate of drug-likeness (QED) is 0.557. The number of nitrogens with one attached hydrogen (secondary N) is 1. The average molecular weight is 203 g/mol. The molecule has 0 saturated carbocycles. The number of nitrogen functional groups attached to an aromatic ring is 1. The summed E-state index contributed by atoms with van der Waals surface area (Å²) in [5, 5.41) is 7.46. The number of rotatable bonds is 2. The van der Waals surface area contributed by atoms with Crippen molar-refractivity contribution in [3.05, 3.63) is 30.1 Å². The number of imidazole rings is 1. The van der Waals surface area contributed by atoms with Gasteiger partial charge in [0.1, 0.15) is 11.5 Å². The van der Waals surface area contributed by atoms with Gasteiger partial charge >= 0.3 is 0 Å². The van der Waals surface area contributed by atoms with E-state index in [0.29, 0.717) is 5.69 Å². The van der Waals surface area contributed by atoms with Crippen LogP contribution in [0.3, 0.4) is 0 Å². The highest BCUT2D eigenvalue weighted by molar-refractivity contribution is 6.00. The molecule has 2 rings (SSSR count). The van der Waals surface area contributed by atoms with Gasteiger partial charge in [-0.05, 0) is 12.1 Å². The van der Waals surface area contributed by atoms with Gasteiger partial charge in [-0.1, -0.05) is 6.07 Å². The third-order valence-corrected chi connectivity index (χ3v) is 2.18. The molecule has 0 aliphatic carbocycles. The van der Waals surface area contributed by atoms with Crippen molar-refractivity contribution in [2.75, 3.05) is 19.0 Å². The van der Waals surface area contributed by atoms with Gasteiger partial charge in [-0.3, -0.25) is 9.81 Å². The molecule has 0 saturated heterocycles. The van der Waals surface area contributed by atoms with Crippen molar-refractivity contribution in [3.63, 3.8) is 0 Å². The normalized spacial score (nSPS) is 10.5. The van der Waals surface area contributed by atoms with Crippen molar-refractivity contribution in [2.45, 2.75) is 0 Å². The van der Waals surface area contributed by atoms with Crippen molar-refractivity contribution >= 4 is 17.3 Å². The number of amidine groups is 1. The minimum absolute atomic E-state index is 0.00759. The Kier molecular flexibility index (Phi) is 2.07. The zero-order valence-corrected chi connectivity index (χ0v) is 8.73. The zero-order chi connectivity index (χ0) is 11.0. The first-order chi connectivity index (χ1) is 7.11. The van der Waals surface area contributed by atoms with Gasteiger partial charge in [0.2, 0.25) is 5.95 Å². The Labute approximate surface area is 87.6 Å². The lowest BCUT2D eigenvalue weighted by molar-refractivity contribution is 0.993. The number of fused-ring (bicyclic) bond motifs is 1. The molecule has 5 nitrogen and oxygen atoms in total. The molecule has 2 heterocycles. The highest BCUT2D eigenvalue weighted by Gasteiger charge is 2.13. The molecule has 0 fully saturated rings. The lowest BCUT2D eigenvalue weighted by Gasteiger charge is -2.09. The molecular formula is C10H13N5. The van der Waals surface area contributed by atoms with E-state index in [2.05, 4.69) is 4.98 Å². The lowest BCUT2D eigenvalue weighted by Crippen LogP contribution is -2.14. The van der Waals surface area contributed by atoms with Crippen molar-refractivity contribution < 1.29 is 0 Å². The van der Waals surface area contributed by atoms with Crippen LogP contribution in [-0.2, 0) is 0 Å². The Morgan fingerprint density at radius 1 is 1.47 bits per heavy atom. The van der Waals surface area contributed by atoms with Crippen LogP contribution >= 0.6 is 0 Å². The second-order valence-electron chi connectivity index (χ2n) is 3.52. The summed E-state index contributed by atoms with van der Waals surface area (Å²) in [4.78, 5) is 6.22. The standard InChI is InChI=1S/C10H13N5/c1-14(2)10-13-8(9(11)12)7-5-3-4-6-15(7)10/h3-6H,1-2H3,(H3,11,12). The fourth-order valence-corrected chi connectivity index (χ4v) is 1.54. The first kappa shape index (κ1) is 9.51. The largest absolute Gasteiger partial charge is 0.382 e. The van der Waals surface area contributed by atoms with Gasteiger partial charge in [0.05, 0.1) is 5.52 Å². The van der Waals surface area contributed by atoms with Crippen molar-refractivity contribution in [1.82, 2.24) is 9.38 Å². The first-order valence-electron chi connectivity index (χ1n) is 4.60. The molecule has 0 aliphatic heterocycles. The Morgan fingerprint density at radius 3 is 2.80 bits per heavy atom. The smallest absolute Gasteiger partial charge is 0.210 e. The van der Waals surface area contributed by atoms with Crippen LogP contribution in [0.1, 0.15) is 5.69 Å². The number of aromatic nitrogens is 2. The fraction of sp³-hybridized carbons (Fsp3) is 0.200. The molecule has 2 aromatic rings. The molecule has 15 heavy (non-hydrogen) atoms. The van der Waals surface area contributed by atoms with E-state index >= 15 is 0 Å². The number of anilines is 1. The zero-order valence-electron chi connectivity index (χ0n) is 8.73. The fourth-order valence-electron chi connectivity index (χ4n) is 1.54. The topological polar surface area (TPSA) is 70.4 Å². The summed E-state index contributed by atoms with van der Waals surface area (Å²) in [7, 11) is 3.82. The van der Waals surface area contributed by atoms with E-state index in [0.717, 1.165) is 11.5 Å². The molecule has 5 heteroatoms. The summed E-state index contributed by atoms with van der Waals surface area (Å²) in [6.07, 6.45) is 1.91. The van der Waals surface area contributed by atoms with Crippen LogP contribution in [-0.4, -0.2) is 29.3 Å².